The van der Waals surface area contributed by atoms with E-state index < -0.39 is 61.1 Å². The van der Waals surface area contributed by atoms with Gasteiger partial charge in [-0.25, -0.2) is 9.59 Å². The molecule has 2 rings (SSSR count). The third kappa shape index (κ3) is 17.1. The zero-order valence-corrected chi connectivity index (χ0v) is 28.6. The van der Waals surface area contributed by atoms with Crippen LogP contribution < -0.4 is 11.5 Å². The molecule has 0 spiro atoms. The van der Waals surface area contributed by atoms with Crippen LogP contribution in [-0.4, -0.2) is 76.5 Å². The number of benzene rings is 2. The summed E-state index contributed by atoms with van der Waals surface area (Å²) < 4.78 is 97.7. The Morgan fingerprint density at radius 1 is 0.635 bits per heavy atom. The maximum Gasteiger partial charge on any atom is 0.416 e. The van der Waals surface area contributed by atoms with E-state index in [0.717, 1.165) is 36.4 Å². The van der Waals surface area contributed by atoms with Gasteiger partial charge in [0.05, 0.1) is 22.6 Å². The molecule has 0 aromatic heterocycles. The Bertz CT molecular complexity index is 1360. The number of methoxy groups -OCH3 is 2. The molecular formula is C34H42F6N4O8. The van der Waals surface area contributed by atoms with E-state index in [4.69, 9.17) is 40.1 Å². The number of carbonyl (C=O) groups is 2. The van der Waals surface area contributed by atoms with Crippen molar-refractivity contribution in [2.45, 2.75) is 63.3 Å². The van der Waals surface area contributed by atoms with E-state index in [1.165, 1.54) is 38.5 Å². The first-order valence-electron chi connectivity index (χ1n) is 15.9. The van der Waals surface area contributed by atoms with E-state index in [1.54, 1.807) is 0 Å². The summed E-state index contributed by atoms with van der Waals surface area (Å²) in [4.78, 5) is 34.7. The SMILES string of the molecule is COCCCC/C(=N\OCC(N)OC(=O)/C=C\C(=O)OC(N)CO/N=C(\CCCCOC)c1ccc(C(F)(F)F)cc1)c1ccc(C(F)(F)F)cc1. The minimum absolute atomic E-state index is 0.342. The zero-order valence-electron chi connectivity index (χ0n) is 28.6. The molecule has 288 valence electrons. The molecule has 2 atom stereocenters. The quantitative estimate of drug-likeness (QED) is 0.0290. The van der Waals surface area contributed by atoms with Crippen LogP contribution in [0, 0.1) is 0 Å². The molecule has 0 heterocycles. The Morgan fingerprint density at radius 3 is 1.29 bits per heavy atom. The second-order valence-corrected chi connectivity index (χ2v) is 11.0. The molecule has 0 aliphatic heterocycles. The van der Waals surface area contributed by atoms with Crippen LogP contribution in [0.25, 0.3) is 0 Å². The third-order valence-corrected chi connectivity index (χ3v) is 6.83. The molecule has 0 aliphatic carbocycles. The van der Waals surface area contributed by atoms with Crippen LogP contribution in [0.5, 0.6) is 0 Å². The molecule has 0 saturated heterocycles. The molecule has 0 aliphatic rings. The highest BCUT2D eigenvalue weighted by molar-refractivity contribution is 6.00. The molecule has 2 aromatic rings. The summed E-state index contributed by atoms with van der Waals surface area (Å²) >= 11 is 0. The van der Waals surface area contributed by atoms with Crippen LogP contribution in [0.15, 0.2) is 71.0 Å². The van der Waals surface area contributed by atoms with Crippen LogP contribution in [0.2, 0.25) is 0 Å². The fourth-order valence-corrected chi connectivity index (χ4v) is 4.22. The third-order valence-electron chi connectivity index (χ3n) is 6.83. The number of rotatable bonds is 22. The van der Waals surface area contributed by atoms with Crippen LogP contribution in [0.1, 0.15) is 60.8 Å². The number of ether oxygens (including phenoxy) is 4. The van der Waals surface area contributed by atoms with Gasteiger partial charge in [0.25, 0.3) is 0 Å². The van der Waals surface area contributed by atoms with Crippen molar-refractivity contribution >= 4 is 23.4 Å². The molecule has 0 fully saturated rings. The van der Waals surface area contributed by atoms with Crippen LogP contribution in [-0.2, 0) is 50.6 Å². The molecule has 12 nitrogen and oxygen atoms in total. The number of hydrogen-bond donors (Lipinski definition) is 2. The largest absolute Gasteiger partial charge is 0.440 e. The Kier molecular flexibility index (Phi) is 18.8. The lowest BCUT2D eigenvalue weighted by molar-refractivity contribution is -0.148. The highest BCUT2D eigenvalue weighted by atomic mass is 19.4. The molecule has 4 N–H and O–H groups in total. The summed E-state index contributed by atoms with van der Waals surface area (Å²) in [6.45, 7) is 0.108. The Balaban J connectivity index is 1.88. The average molecular weight is 749 g/mol. The molecule has 2 aromatic carbocycles. The number of alkyl halides is 6. The van der Waals surface area contributed by atoms with Gasteiger partial charge in [0.1, 0.15) is 0 Å². The standard InChI is InChI=1S/C34H42F6N4O8/c1-47-19-5-3-7-27(23-9-13-25(14-10-23)33(35,36)37)43-49-21-29(41)51-31(45)17-18-32(46)52-30(42)22-50-44-28(8-4-6-20-48-2)24-11-15-26(16-12-24)34(38,39)40/h9-18,29-30H,3-8,19-22,41-42H2,1-2H3/b18-17-,43-27+,44-28+. The molecule has 52 heavy (non-hydrogen) atoms. The van der Waals surface area contributed by atoms with Crippen molar-refractivity contribution in [1.82, 2.24) is 0 Å². The van der Waals surface area contributed by atoms with Crippen molar-refractivity contribution in [3.63, 3.8) is 0 Å². The Hall–Kier alpha value is -4.52. The highest BCUT2D eigenvalue weighted by Gasteiger charge is 2.31. The van der Waals surface area contributed by atoms with E-state index in [2.05, 4.69) is 10.3 Å². The molecule has 2 unspecified atom stereocenters. The van der Waals surface area contributed by atoms with Gasteiger partial charge in [0.15, 0.2) is 25.7 Å². The Morgan fingerprint density at radius 2 is 0.981 bits per heavy atom. The summed E-state index contributed by atoms with van der Waals surface area (Å²) in [5.74, 6) is -2.08. The second-order valence-electron chi connectivity index (χ2n) is 11.0. The lowest BCUT2D eigenvalue weighted by atomic mass is 10.0. The van der Waals surface area contributed by atoms with Crippen molar-refractivity contribution < 1.29 is 64.6 Å². The van der Waals surface area contributed by atoms with Gasteiger partial charge in [-0.3, -0.25) is 11.5 Å². The lowest BCUT2D eigenvalue weighted by Gasteiger charge is -2.13. The number of hydrogen-bond acceptors (Lipinski definition) is 12. The van der Waals surface area contributed by atoms with Crippen LogP contribution in [0.3, 0.4) is 0 Å². The minimum Gasteiger partial charge on any atom is -0.440 e. The molecule has 0 saturated carbocycles. The number of nitrogens with zero attached hydrogens (tertiary/aromatic N) is 2. The number of oxime groups is 2. The van der Waals surface area contributed by atoms with Crippen molar-refractivity contribution in [1.29, 1.82) is 0 Å². The summed E-state index contributed by atoms with van der Waals surface area (Å²) in [6, 6.07) is 8.77. The van der Waals surface area contributed by atoms with Gasteiger partial charge in [-0.2, -0.15) is 26.3 Å². The Labute approximate surface area is 296 Å². The second kappa shape index (κ2) is 22.4. The smallest absolute Gasteiger partial charge is 0.416 e. The van der Waals surface area contributed by atoms with Crippen molar-refractivity contribution in [2.24, 2.45) is 21.8 Å². The molecule has 0 radical (unpaired) electrons. The normalized spacial score (nSPS) is 13.9. The van der Waals surface area contributed by atoms with Crippen molar-refractivity contribution in [3.8, 4) is 0 Å². The first kappa shape index (κ1) is 43.6. The predicted octanol–water partition coefficient (Wildman–Crippen LogP) is 5.71. The first-order valence-corrected chi connectivity index (χ1v) is 15.9. The first-order chi connectivity index (χ1) is 24.6. The molecular weight excluding hydrogens is 706 g/mol. The van der Waals surface area contributed by atoms with Gasteiger partial charge in [0, 0.05) is 39.6 Å². The van der Waals surface area contributed by atoms with Gasteiger partial charge < -0.3 is 28.6 Å². The van der Waals surface area contributed by atoms with Gasteiger partial charge in [-0.15, -0.1) is 0 Å². The topological polar surface area (TPSA) is 166 Å². The summed E-state index contributed by atoms with van der Waals surface area (Å²) in [6.07, 6.45) is -6.99. The molecule has 0 bridgehead atoms. The number of esters is 2. The summed E-state index contributed by atoms with van der Waals surface area (Å²) in [5.41, 5.74) is 11.3. The fourth-order valence-electron chi connectivity index (χ4n) is 4.22. The zero-order chi connectivity index (χ0) is 38.6. The number of carbonyl (C=O) groups excluding carboxylic acids is 2. The number of halogens is 6. The van der Waals surface area contributed by atoms with Crippen LogP contribution in [0.4, 0.5) is 26.3 Å². The number of unbranched alkanes of at least 4 members (excludes halogenated alkanes) is 2. The van der Waals surface area contributed by atoms with Gasteiger partial charge >= 0.3 is 24.3 Å². The fraction of sp³-hybridized carbons (Fsp3) is 0.471. The van der Waals surface area contributed by atoms with Crippen molar-refractivity contribution in [3.05, 3.63) is 82.9 Å². The van der Waals surface area contributed by atoms with E-state index in [1.807, 2.05) is 0 Å². The average Bonchev–Trinajstić information content (AvgIpc) is 3.08. The molecule has 18 heteroatoms. The van der Waals surface area contributed by atoms with E-state index in [9.17, 15) is 35.9 Å². The van der Waals surface area contributed by atoms with Gasteiger partial charge in [-0.05, 0) is 73.9 Å². The highest BCUT2D eigenvalue weighted by Crippen LogP contribution is 2.30. The van der Waals surface area contributed by atoms with Gasteiger partial charge in [-0.1, -0.05) is 34.6 Å². The lowest BCUT2D eigenvalue weighted by Crippen LogP contribution is -2.32. The summed E-state index contributed by atoms with van der Waals surface area (Å²) in [7, 11) is 3.08. The van der Waals surface area contributed by atoms with E-state index in [0.29, 0.717) is 74.3 Å². The predicted molar refractivity (Wildman–Crippen MR) is 177 cm³/mol. The molecule has 0 amide bonds. The van der Waals surface area contributed by atoms with Crippen molar-refractivity contribution in [2.75, 3.05) is 40.6 Å². The van der Waals surface area contributed by atoms with Gasteiger partial charge in [0.2, 0.25) is 0 Å². The minimum atomic E-state index is -4.50. The summed E-state index contributed by atoms with van der Waals surface area (Å²) in [5, 5.41) is 7.95. The maximum absolute atomic E-state index is 13.0. The maximum atomic E-state index is 13.0. The number of nitrogens with two attached hydrogens (primary N) is 2. The van der Waals surface area contributed by atoms with Crippen LogP contribution >= 0.6 is 0 Å². The monoisotopic (exact) mass is 748 g/mol. The van der Waals surface area contributed by atoms with E-state index >= 15 is 0 Å². The van der Waals surface area contributed by atoms with E-state index in [-0.39, 0.29) is 0 Å².